The maximum absolute atomic E-state index is 8.99. The first-order valence-electron chi connectivity index (χ1n) is 14.0. The molecule has 1 aliphatic carbocycles. The van der Waals surface area contributed by atoms with Crippen LogP contribution in [0.2, 0.25) is 0 Å². The maximum Gasteiger partial charge on any atom is 0.216 e. The van der Waals surface area contributed by atoms with E-state index < -0.39 is 5.89 Å². The van der Waals surface area contributed by atoms with Gasteiger partial charge in [-0.05, 0) is 59.4 Å². The highest BCUT2D eigenvalue weighted by atomic mass is 16.3. The van der Waals surface area contributed by atoms with Crippen LogP contribution in [0.15, 0.2) is 95.5 Å². The second kappa shape index (κ2) is 8.88. The fourth-order valence-electron chi connectivity index (χ4n) is 6.15. The van der Waals surface area contributed by atoms with Gasteiger partial charge in [0.1, 0.15) is 18.2 Å². The van der Waals surface area contributed by atoms with Crippen LogP contribution in [0.1, 0.15) is 50.5 Å². The Hall–Kier alpha value is -3.91. The number of hydrogen-bond acceptors (Lipinski definition) is 1. The molecule has 0 N–H and O–H groups in total. The Morgan fingerprint density at radius 1 is 0.757 bits per heavy atom. The van der Waals surface area contributed by atoms with Gasteiger partial charge in [0.15, 0.2) is 6.20 Å². The van der Waals surface area contributed by atoms with Gasteiger partial charge in [-0.25, -0.2) is 4.57 Å². The van der Waals surface area contributed by atoms with Crippen molar-refractivity contribution in [3.05, 3.63) is 102 Å². The van der Waals surface area contributed by atoms with E-state index in [2.05, 4.69) is 110 Å². The molecule has 1 saturated carbocycles. The summed E-state index contributed by atoms with van der Waals surface area (Å²) in [6.45, 7) is 2.17. The molecule has 0 radical (unpaired) electrons. The smallest absolute Gasteiger partial charge is 0.216 e. The van der Waals surface area contributed by atoms with E-state index in [1.165, 1.54) is 28.5 Å². The molecule has 0 saturated heterocycles. The Morgan fingerprint density at radius 3 is 2.35 bits per heavy atom. The van der Waals surface area contributed by atoms with Gasteiger partial charge in [0.05, 0.1) is 5.56 Å². The topological polar surface area (TPSA) is 17.0 Å². The number of pyridine rings is 1. The second-order valence-corrected chi connectivity index (χ2v) is 10.6. The van der Waals surface area contributed by atoms with Crippen LogP contribution in [0.5, 0.6) is 0 Å². The molecule has 0 spiro atoms. The molecule has 0 aliphatic heterocycles. The minimum absolute atomic E-state index is 0.427. The van der Waals surface area contributed by atoms with Crippen LogP contribution in [0, 0.1) is 6.92 Å². The van der Waals surface area contributed by atoms with Crippen LogP contribution < -0.4 is 4.57 Å². The molecule has 6 aromatic rings. The Kier molecular flexibility index (Phi) is 5.09. The zero-order valence-corrected chi connectivity index (χ0v) is 21.6. The second-order valence-electron chi connectivity index (χ2n) is 10.6. The van der Waals surface area contributed by atoms with E-state index in [4.69, 9.17) is 5.79 Å². The fraction of sp³-hybridized carbons (Fsp3) is 0.229. The van der Waals surface area contributed by atoms with E-state index in [9.17, 15) is 0 Å². The molecular weight excluding hydrogens is 450 g/mol. The van der Waals surface area contributed by atoms with Crippen molar-refractivity contribution >= 4 is 32.7 Å². The molecule has 182 valence electrons. The third kappa shape index (κ3) is 3.74. The molecule has 0 bridgehead atoms. The molecule has 0 unspecified atom stereocenters. The van der Waals surface area contributed by atoms with Crippen LogP contribution in [-0.2, 0) is 7.05 Å². The summed E-state index contributed by atoms with van der Waals surface area (Å²) in [5.41, 5.74) is 8.84. The summed E-state index contributed by atoms with van der Waals surface area (Å²) in [4.78, 5) is 0. The lowest BCUT2D eigenvalue weighted by Gasteiger charge is -2.22. The molecule has 2 nitrogen and oxygen atoms in total. The SMILES string of the molecule is [2H]C1(c2ccc(-c3cc[n+](C)c(-c4c(C)ccc5c4oc4c6ccccc6ccc54)c3)cc2)CCCCC1. The number of furan rings is 1. The monoisotopic (exact) mass is 483 g/mol. The maximum atomic E-state index is 8.99. The van der Waals surface area contributed by atoms with Crippen LogP contribution >= 0.6 is 0 Å². The summed E-state index contributed by atoms with van der Waals surface area (Å²) in [5, 5.41) is 4.64. The highest BCUT2D eigenvalue weighted by Crippen LogP contribution is 2.40. The van der Waals surface area contributed by atoms with Gasteiger partial charge in [0.25, 0.3) is 0 Å². The highest BCUT2D eigenvalue weighted by Gasteiger charge is 2.22. The molecule has 2 aromatic heterocycles. The van der Waals surface area contributed by atoms with Crippen molar-refractivity contribution in [2.75, 3.05) is 0 Å². The van der Waals surface area contributed by atoms with Crippen molar-refractivity contribution in [2.45, 2.75) is 44.9 Å². The summed E-state index contributed by atoms with van der Waals surface area (Å²) < 4.78 is 17.9. The van der Waals surface area contributed by atoms with Crippen molar-refractivity contribution in [3.63, 3.8) is 0 Å². The predicted octanol–water partition coefficient (Wildman–Crippen LogP) is 9.25. The summed E-state index contributed by atoms with van der Waals surface area (Å²) in [7, 11) is 2.10. The Bertz CT molecular complexity index is 1820. The first kappa shape index (κ1) is 21.2. The average Bonchev–Trinajstić information content (AvgIpc) is 3.33. The van der Waals surface area contributed by atoms with Crippen LogP contribution in [0.4, 0.5) is 0 Å². The number of hydrogen-bond donors (Lipinski definition) is 0. The number of rotatable bonds is 3. The molecule has 4 aromatic carbocycles. The Balaban J connectivity index is 1.36. The molecule has 1 fully saturated rings. The molecule has 7 rings (SSSR count). The van der Waals surface area contributed by atoms with E-state index in [0.29, 0.717) is 0 Å². The van der Waals surface area contributed by atoms with Gasteiger partial charge in [-0.1, -0.05) is 86.0 Å². The van der Waals surface area contributed by atoms with E-state index in [-0.39, 0.29) is 0 Å². The van der Waals surface area contributed by atoms with Crippen molar-refractivity contribution < 1.29 is 10.4 Å². The minimum atomic E-state index is -0.427. The molecule has 2 heterocycles. The molecule has 1 aliphatic rings. The summed E-state index contributed by atoms with van der Waals surface area (Å²) >= 11 is 0. The number of benzene rings is 4. The fourth-order valence-corrected chi connectivity index (χ4v) is 6.15. The van der Waals surface area contributed by atoms with Crippen LogP contribution in [0.25, 0.3) is 55.1 Å². The Labute approximate surface area is 219 Å². The number of aromatic nitrogens is 1. The zero-order valence-electron chi connectivity index (χ0n) is 22.6. The van der Waals surface area contributed by atoms with Crippen molar-refractivity contribution in [2.24, 2.45) is 7.05 Å². The van der Waals surface area contributed by atoms with Gasteiger partial charge in [0, 0.05) is 29.7 Å². The third-order valence-corrected chi connectivity index (χ3v) is 8.23. The quantitative estimate of drug-likeness (QED) is 0.229. The van der Waals surface area contributed by atoms with Crippen LogP contribution in [0.3, 0.4) is 0 Å². The molecule has 2 heteroatoms. The standard InChI is InChI=1S/C35H32NO/c1-23-12-18-31-30-19-17-27-10-6-7-11-29(27)34(30)37-35(31)33(23)32-22-28(20-21-36(32)2)26-15-13-25(14-16-26)24-8-4-3-5-9-24/h6-7,10-22,24H,3-5,8-9H2,1-2H3/q+1/i24D. The van der Waals surface area contributed by atoms with Gasteiger partial charge in [-0.2, -0.15) is 0 Å². The Morgan fingerprint density at radius 2 is 1.51 bits per heavy atom. The van der Waals surface area contributed by atoms with E-state index >= 15 is 0 Å². The average molecular weight is 484 g/mol. The highest BCUT2D eigenvalue weighted by molar-refractivity contribution is 6.17. The summed E-state index contributed by atoms with van der Waals surface area (Å²) in [6.07, 6.45) is 7.65. The van der Waals surface area contributed by atoms with E-state index in [0.717, 1.165) is 69.8 Å². The molecule has 0 amide bonds. The number of nitrogens with zero attached hydrogens (tertiary/aromatic N) is 1. The first-order valence-corrected chi connectivity index (χ1v) is 13.5. The van der Waals surface area contributed by atoms with Gasteiger partial charge < -0.3 is 4.42 Å². The van der Waals surface area contributed by atoms with Crippen molar-refractivity contribution in [3.8, 4) is 22.4 Å². The predicted molar refractivity (Wildman–Crippen MR) is 154 cm³/mol. The first-order chi connectivity index (χ1) is 18.5. The van der Waals surface area contributed by atoms with Gasteiger partial charge in [-0.3, -0.25) is 0 Å². The summed E-state index contributed by atoms with van der Waals surface area (Å²) in [6, 6.07) is 30.4. The van der Waals surface area contributed by atoms with Crippen LogP contribution in [-0.4, -0.2) is 0 Å². The zero-order chi connectivity index (χ0) is 25.9. The lowest BCUT2D eigenvalue weighted by atomic mass is 9.83. The normalized spacial score (nSPS) is 15.9. The van der Waals surface area contributed by atoms with Gasteiger partial charge in [0.2, 0.25) is 5.69 Å². The van der Waals surface area contributed by atoms with Gasteiger partial charge in [-0.15, -0.1) is 0 Å². The van der Waals surface area contributed by atoms with Crippen molar-refractivity contribution in [1.29, 1.82) is 0 Å². The van der Waals surface area contributed by atoms with E-state index in [1.54, 1.807) is 0 Å². The van der Waals surface area contributed by atoms with Gasteiger partial charge >= 0.3 is 0 Å². The lowest BCUT2D eigenvalue weighted by Crippen LogP contribution is -2.30. The molecular formula is C35H32NO+. The van der Waals surface area contributed by atoms with Crippen molar-refractivity contribution in [1.82, 2.24) is 0 Å². The van der Waals surface area contributed by atoms with E-state index in [1.807, 2.05) is 0 Å². The minimum Gasteiger partial charge on any atom is -0.454 e. The number of fused-ring (bicyclic) bond motifs is 5. The molecule has 37 heavy (non-hydrogen) atoms. The lowest BCUT2D eigenvalue weighted by molar-refractivity contribution is -0.660. The third-order valence-electron chi connectivity index (χ3n) is 8.23. The largest absolute Gasteiger partial charge is 0.454 e. The molecule has 0 atom stereocenters. The summed E-state index contributed by atoms with van der Waals surface area (Å²) in [5.74, 6) is -0.427. The number of aryl methyl sites for hydroxylation is 2.